The van der Waals surface area contributed by atoms with E-state index in [9.17, 15) is 31.1 Å². The maximum Gasteiger partial charge on any atom is 0.407 e. The van der Waals surface area contributed by atoms with E-state index in [1.165, 1.54) is 24.4 Å². The number of aromatic nitrogens is 1. The molecule has 0 spiro atoms. The van der Waals surface area contributed by atoms with Crippen LogP contribution >= 0.6 is 0 Å². The third kappa shape index (κ3) is 3.71. The van der Waals surface area contributed by atoms with Crippen LogP contribution in [-0.2, 0) is 11.2 Å². The molecule has 1 heterocycles. The Labute approximate surface area is 97.6 Å². The molecule has 0 bridgehead atoms. The summed E-state index contributed by atoms with van der Waals surface area (Å²) in [5.41, 5.74) is -0.138. The number of alkyl halides is 6. The van der Waals surface area contributed by atoms with Crippen LogP contribution in [0.3, 0.4) is 0 Å². The quantitative estimate of drug-likeness (QED) is 0.791. The van der Waals surface area contributed by atoms with Crippen molar-refractivity contribution in [1.29, 1.82) is 0 Å². The number of ketones is 1. The topological polar surface area (TPSA) is 30.0 Å². The molecular weight excluding hydrogens is 264 g/mol. The summed E-state index contributed by atoms with van der Waals surface area (Å²) in [6.45, 7) is 0. The van der Waals surface area contributed by atoms with Gasteiger partial charge in [-0.1, -0.05) is 6.07 Å². The van der Waals surface area contributed by atoms with Gasteiger partial charge in [0.1, 0.15) is 0 Å². The summed E-state index contributed by atoms with van der Waals surface area (Å²) in [4.78, 5) is 14.6. The summed E-state index contributed by atoms with van der Waals surface area (Å²) in [6.07, 6.45) is -11.1. The van der Waals surface area contributed by atoms with Gasteiger partial charge in [0.25, 0.3) is 0 Å². The van der Waals surface area contributed by atoms with Gasteiger partial charge in [0.05, 0.1) is 0 Å². The first kappa shape index (κ1) is 14.5. The Hall–Kier alpha value is -1.60. The molecular formula is C10H7F6NO. The van der Waals surface area contributed by atoms with Crippen molar-refractivity contribution in [3.63, 3.8) is 0 Å². The molecule has 1 rings (SSSR count). The molecule has 0 saturated heterocycles. The van der Waals surface area contributed by atoms with Crippen LogP contribution in [0.25, 0.3) is 0 Å². The number of hydrogen-bond acceptors (Lipinski definition) is 2. The van der Waals surface area contributed by atoms with Gasteiger partial charge in [0, 0.05) is 18.3 Å². The molecule has 18 heavy (non-hydrogen) atoms. The lowest BCUT2D eigenvalue weighted by Crippen LogP contribution is -2.43. The highest BCUT2D eigenvalue weighted by atomic mass is 19.4. The predicted octanol–water partition coefficient (Wildman–Crippen LogP) is 2.93. The second-order valence-corrected chi connectivity index (χ2v) is 3.48. The maximum absolute atomic E-state index is 12.2. The normalized spacial score (nSPS) is 12.8. The van der Waals surface area contributed by atoms with Crippen molar-refractivity contribution in [1.82, 2.24) is 4.98 Å². The van der Waals surface area contributed by atoms with Crippen LogP contribution in [0.2, 0.25) is 0 Å². The molecule has 1 aromatic heterocycles. The molecule has 0 aliphatic carbocycles. The van der Waals surface area contributed by atoms with Gasteiger partial charge < -0.3 is 0 Å². The van der Waals surface area contributed by atoms with Crippen molar-refractivity contribution in [3.05, 3.63) is 30.1 Å². The van der Waals surface area contributed by atoms with E-state index in [0.717, 1.165) is 0 Å². The van der Waals surface area contributed by atoms with Crippen molar-refractivity contribution >= 4 is 5.78 Å². The molecule has 0 aliphatic heterocycles. The second-order valence-electron chi connectivity index (χ2n) is 3.48. The van der Waals surface area contributed by atoms with E-state index in [-0.39, 0.29) is 5.69 Å². The molecule has 0 saturated carbocycles. The summed E-state index contributed by atoms with van der Waals surface area (Å²) < 4.78 is 73.2. The number of rotatable bonds is 3. The second kappa shape index (κ2) is 4.95. The predicted molar refractivity (Wildman–Crippen MR) is 48.5 cm³/mol. The lowest BCUT2D eigenvalue weighted by atomic mass is 9.99. The minimum Gasteiger partial charge on any atom is -0.298 e. The number of halogens is 6. The average molecular weight is 271 g/mol. The van der Waals surface area contributed by atoms with E-state index in [2.05, 4.69) is 4.98 Å². The van der Waals surface area contributed by atoms with Gasteiger partial charge >= 0.3 is 12.4 Å². The third-order valence-electron chi connectivity index (χ3n) is 2.06. The summed E-state index contributed by atoms with van der Waals surface area (Å²) in [6, 6.07) is 3.98. The zero-order chi connectivity index (χ0) is 14.0. The number of carbonyl (C=O) groups is 1. The van der Waals surface area contributed by atoms with Gasteiger partial charge in [-0.25, -0.2) is 0 Å². The van der Waals surface area contributed by atoms with E-state index >= 15 is 0 Å². The van der Waals surface area contributed by atoms with Gasteiger partial charge in [-0.05, 0) is 12.1 Å². The standard InChI is InChI=1S/C10H7F6NO/c11-9(12,13)8(10(14,15)16)7(18)5-6-3-1-2-4-17-6/h1-4,8H,5H2. The van der Waals surface area contributed by atoms with E-state index in [0.29, 0.717) is 0 Å². The minimum atomic E-state index is -5.65. The first-order valence-electron chi connectivity index (χ1n) is 4.68. The summed E-state index contributed by atoms with van der Waals surface area (Å²) in [5, 5.41) is 0. The SMILES string of the molecule is O=C(Cc1ccccn1)C(C(F)(F)F)C(F)(F)F. The van der Waals surface area contributed by atoms with E-state index in [1.54, 1.807) is 0 Å². The lowest BCUT2D eigenvalue weighted by Gasteiger charge is -2.21. The van der Waals surface area contributed by atoms with Crippen molar-refractivity contribution in [2.75, 3.05) is 0 Å². The lowest BCUT2D eigenvalue weighted by molar-refractivity contribution is -0.273. The summed E-state index contributed by atoms with van der Waals surface area (Å²) in [5.74, 6) is -5.93. The van der Waals surface area contributed by atoms with Crippen molar-refractivity contribution in [2.24, 2.45) is 5.92 Å². The van der Waals surface area contributed by atoms with E-state index in [1.807, 2.05) is 0 Å². The van der Waals surface area contributed by atoms with Crippen LogP contribution in [0.4, 0.5) is 26.3 Å². The molecule has 0 N–H and O–H groups in total. The molecule has 0 atom stereocenters. The molecule has 0 fully saturated rings. The summed E-state index contributed by atoms with van der Waals surface area (Å²) in [7, 11) is 0. The van der Waals surface area contributed by atoms with Crippen LogP contribution in [0.5, 0.6) is 0 Å². The third-order valence-corrected chi connectivity index (χ3v) is 2.06. The first-order chi connectivity index (χ1) is 8.12. The molecule has 1 aromatic rings. The molecule has 0 amide bonds. The number of hydrogen-bond donors (Lipinski definition) is 0. The zero-order valence-electron chi connectivity index (χ0n) is 8.72. The van der Waals surface area contributed by atoms with Gasteiger partial charge in [-0.15, -0.1) is 0 Å². The van der Waals surface area contributed by atoms with Gasteiger partial charge in [-0.3, -0.25) is 9.78 Å². The van der Waals surface area contributed by atoms with Crippen molar-refractivity contribution in [2.45, 2.75) is 18.8 Å². The maximum atomic E-state index is 12.2. The smallest absolute Gasteiger partial charge is 0.298 e. The van der Waals surface area contributed by atoms with Crippen molar-refractivity contribution in [3.8, 4) is 0 Å². The van der Waals surface area contributed by atoms with Crippen LogP contribution in [0, 0.1) is 5.92 Å². The minimum absolute atomic E-state index is 0.138. The first-order valence-corrected chi connectivity index (χ1v) is 4.68. The van der Waals surface area contributed by atoms with Crippen LogP contribution < -0.4 is 0 Å². The average Bonchev–Trinajstić information content (AvgIpc) is 2.13. The number of Topliss-reactive ketones (excluding diaryl/α,β-unsaturated/α-hetero) is 1. The Bertz CT molecular complexity index is 397. The molecule has 0 radical (unpaired) electrons. The largest absolute Gasteiger partial charge is 0.407 e. The number of pyridine rings is 1. The Kier molecular flexibility index (Phi) is 3.98. The molecule has 0 aromatic carbocycles. The molecule has 0 aliphatic rings. The van der Waals surface area contributed by atoms with Gasteiger partial charge in [-0.2, -0.15) is 26.3 Å². The van der Waals surface area contributed by atoms with Gasteiger partial charge in [0.15, 0.2) is 5.78 Å². The van der Waals surface area contributed by atoms with Crippen LogP contribution in [0.1, 0.15) is 5.69 Å². The zero-order valence-corrected chi connectivity index (χ0v) is 8.72. The monoisotopic (exact) mass is 271 g/mol. The fourth-order valence-corrected chi connectivity index (χ4v) is 1.33. The van der Waals surface area contributed by atoms with E-state index in [4.69, 9.17) is 0 Å². The Balaban J connectivity index is 2.92. The highest BCUT2D eigenvalue weighted by molar-refractivity contribution is 5.84. The Morgan fingerprint density at radius 1 is 1.11 bits per heavy atom. The Morgan fingerprint density at radius 2 is 1.67 bits per heavy atom. The number of carbonyl (C=O) groups excluding carboxylic acids is 1. The van der Waals surface area contributed by atoms with E-state index < -0.39 is 30.5 Å². The Morgan fingerprint density at radius 3 is 2.06 bits per heavy atom. The molecule has 100 valence electrons. The van der Waals surface area contributed by atoms with Crippen LogP contribution in [0.15, 0.2) is 24.4 Å². The fourth-order valence-electron chi connectivity index (χ4n) is 1.33. The summed E-state index contributed by atoms with van der Waals surface area (Å²) >= 11 is 0. The highest BCUT2D eigenvalue weighted by Crippen LogP contribution is 2.40. The highest BCUT2D eigenvalue weighted by Gasteiger charge is 2.60. The van der Waals surface area contributed by atoms with Crippen molar-refractivity contribution < 1.29 is 31.1 Å². The molecule has 8 heteroatoms. The molecule has 2 nitrogen and oxygen atoms in total. The molecule has 0 unspecified atom stereocenters. The fraction of sp³-hybridized carbons (Fsp3) is 0.400. The van der Waals surface area contributed by atoms with Gasteiger partial charge in [0.2, 0.25) is 5.92 Å². The van der Waals surface area contributed by atoms with Crippen LogP contribution in [-0.4, -0.2) is 23.1 Å². The number of nitrogens with zero attached hydrogens (tertiary/aromatic N) is 1.